The van der Waals surface area contributed by atoms with Crippen LogP contribution in [0.1, 0.15) is 60.2 Å². The first-order valence-corrected chi connectivity index (χ1v) is 13.2. The Balaban J connectivity index is 1.36. The lowest BCUT2D eigenvalue weighted by Gasteiger charge is -2.33. The first kappa shape index (κ1) is 26.0. The van der Waals surface area contributed by atoms with E-state index in [0.29, 0.717) is 19.4 Å². The molecule has 3 aliphatic rings. The zero-order valence-electron chi connectivity index (χ0n) is 22.0. The van der Waals surface area contributed by atoms with Gasteiger partial charge in [-0.25, -0.2) is 14.4 Å². The molecule has 1 aromatic carbocycles. The largest absolute Gasteiger partial charge is 0.394 e. The highest BCUT2D eigenvalue weighted by molar-refractivity contribution is 6.03. The van der Waals surface area contributed by atoms with Gasteiger partial charge in [0.2, 0.25) is 11.9 Å². The molecule has 5 rings (SSSR count). The van der Waals surface area contributed by atoms with Gasteiger partial charge in [0.25, 0.3) is 0 Å². The fourth-order valence-corrected chi connectivity index (χ4v) is 5.57. The van der Waals surface area contributed by atoms with Crippen molar-refractivity contribution in [3.8, 4) is 0 Å². The molecule has 1 amide bonds. The highest BCUT2D eigenvalue weighted by Gasteiger charge is 2.31. The highest BCUT2D eigenvalue weighted by Crippen LogP contribution is 2.38. The Morgan fingerprint density at radius 3 is 2.76 bits per heavy atom. The van der Waals surface area contributed by atoms with Crippen molar-refractivity contribution in [3.05, 3.63) is 58.3 Å². The maximum Gasteiger partial charge on any atom is 0.220 e. The van der Waals surface area contributed by atoms with Crippen molar-refractivity contribution in [1.29, 1.82) is 0 Å². The lowest BCUT2D eigenvalue weighted by Crippen LogP contribution is -2.48. The molecule has 38 heavy (non-hydrogen) atoms. The smallest absolute Gasteiger partial charge is 0.220 e. The molecule has 0 radical (unpaired) electrons. The van der Waals surface area contributed by atoms with Crippen molar-refractivity contribution in [2.75, 3.05) is 45.1 Å². The number of fused-ring (bicyclic) bond motifs is 1. The summed E-state index contributed by atoms with van der Waals surface area (Å²) in [6.07, 6.45) is 6.64. The molecular formula is C28H34FN7O2. The Bertz CT molecular complexity index is 1300. The second-order valence-electron chi connectivity index (χ2n) is 10.1. The number of piperazine rings is 1. The van der Waals surface area contributed by atoms with Crippen molar-refractivity contribution in [2.45, 2.75) is 45.4 Å². The Morgan fingerprint density at radius 2 is 2.03 bits per heavy atom. The molecule has 0 spiro atoms. The topological polar surface area (TPSA) is 109 Å². The number of amides is 1. The number of aromatic nitrogens is 2. The Hall–Kier alpha value is -3.66. The Kier molecular flexibility index (Phi) is 7.78. The Labute approximate surface area is 222 Å². The van der Waals surface area contributed by atoms with Crippen LogP contribution in [-0.2, 0) is 16.1 Å². The molecule has 9 nitrogen and oxygen atoms in total. The van der Waals surface area contributed by atoms with Crippen LogP contribution in [-0.4, -0.2) is 76.9 Å². The molecule has 1 saturated heterocycles. The molecule has 1 aromatic heterocycles. The molecule has 10 heteroatoms. The van der Waals surface area contributed by atoms with E-state index < -0.39 is 0 Å². The summed E-state index contributed by atoms with van der Waals surface area (Å²) in [5.41, 5.74) is 12.3. The van der Waals surface area contributed by atoms with Crippen LogP contribution in [0.5, 0.6) is 0 Å². The summed E-state index contributed by atoms with van der Waals surface area (Å²) in [5, 5.41) is 4.57. The van der Waals surface area contributed by atoms with Crippen molar-refractivity contribution in [2.24, 2.45) is 10.1 Å². The van der Waals surface area contributed by atoms with Crippen LogP contribution in [0.15, 0.2) is 34.5 Å². The first-order chi connectivity index (χ1) is 18.4. The molecule has 0 saturated carbocycles. The van der Waals surface area contributed by atoms with E-state index in [1.165, 1.54) is 6.07 Å². The molecule has 2 aromatic rings. The standard InChI is InChI=1S/C28H34FN7O2/c1-18-27-25(33-28(30)32-18)14-21(23-6-5-22(29)16-24(23)20-4-3-7-31-17-20)15-26(27)34-38-13-12-35-8-10-36(11-9-35)19(2)37/h5-7,16-17,21H,3-4,8-15H2,1-2H3,(H2,30,32,33)/b34-26+. The van der Waals surface area contributed by atoms with Crippen LogP contribution >= 0.6 is 0 Å². The summed E-state index contributed by atoms with van der Waals surface area (Å²) >= 11 is 0. The van der Waals surface area contributed by atoms with Gasteiger partial charge in [0.15, 0.2) is 0 Å². The summed E-state index contributed by atoms with van der Waals surface area (Å²) in [5.74, 6) is 0.114. The Morgan fingerprint density at radius 1 is 1.21 bits per heavy atom. The monoisotopic (exact) mass is 519 g/mol. The minimum atomic E-state index is -0.265. The number of nitrogens with two attached hydrogens (primary N) is 1. The molecule has 1 aliphatic carbocycles. The predicted octanol–water partition coefficient (Wildman–Crippen LogP) is 3.33. The minimum Gasteiger partial charge on any atom is -0.394 e. The predicted molar refractivity (Wildman–Crippen MR) is 146 cm³/mol. The van der Waals surface area contributed by atoms with Crippen LogP contribution < -0.4 is 5.73 Å². The second kappa shape index (κ2) is 11.4. The van der Waals surface area contributed by atoms with Gasteiger partial charge in [0.05, 0.1) is 17.1 Å². The molecule has 1 unspecified atom stereocenters. The number of nitrogen functional groups attached to an aromatic ring is 1. The molecule has 200 valence electrons. The third-order valence-electron chi connectivity index (χ3n) is 7.52. The lowest BCUT2D eigenvalue weighted by molar-refractivity contribution is -0.130. The minimum absolute atomic E-state index is 0.0283. The normalized spacial score (nSPS) is 20.8. The number of benzene rings is 1. The molecule has 3 heterocycles. The van der Waals surface area contributed by atoms with Crippen molar-refractivity contribution < 1.29 is 14.0 Å². The van der Waals surface area contributed by atoms with E-state index in [4.69, 9.17) is 10.6 Å². The second-order valence-corrected chi connectivity index (χ2v) is 10.1. The maximum absolute atomic E-state index is 14.3. The summed E-state index contributed by atoms with van der Waals surface area (Å²) in [6, 6.07) is 4.99. The van der Waals surface area contributed by atoms with Crippen LogP contribution in [0.2, 0.25) is 0 Å². The van der Waals surface area contributed by atoms with Crippen molar-refractivity contribution >= 4 is 29.4 Å². The number of allylic oxidation sites excluding steroid dienone is 1. The number of anilines is 1. The number of hydrogen-bond donors (Lipinski definition) is 1. The molecular weight excluding hydrogens is 485 g/mol. The summed E-state index contributed by atoms with van der Waals surface area (Å²) < 4.78 is 14.3. The summed E-state index contributed by atoms with van der Waals surface area (Å²) in [7, 11) is 0. The molecule has 2 aliphatic heterocycles. The van der Waals surface area contributed by atoms with Gasteiger partial charge in [-0.2, -0.15) is 0 Å². The van der Waals surface area contributed by atoms with Crippen molar-refractivity contribution in [3.63, 3.8) is 0 Å². The number of nitrogens with zero attached hydrogens (tertiary/aromatic N) is 6. The van der Waals surface area contributed by atoms with Crippen LogP contribution in [0.4, 0.5) is 10.3 Å². The fraction of sp³-hybridized carbons (Fsp3) is 0.464. The van der Waals surface area contributed by atoms with Crippen LogP contribution in [0, 0.1) is 12.7 Å². The van der Waals surface area contributed by atoms with Gasteiger partial charge in [-0.15, -0.1) is 0 Å². The van der Waals surface area contributed by atoms with Gasteiger partial charge < -0.3 is 15.5 Å². The molecule has 1 atom stereocenters. The van der Waals surface area contributed by atoms with E-state index in [2.05, 4.69) is 25.0 Å². The van der Waals surface area contributed by atoms with E-state index in [9.17, 15) is 9.18 Å². The zero-order valence-corrected chi connectivity index (χ0v) is 22.0. The van der Waals surface area contributed by atoms with E-state index in [1.807, 2.05) is 30.3 Å². The van der Waals surface area contributed by atoms with Crippen LogP contribution in [0.3, 0.4) is 0 Å². The number of oxime groups is 1. The van der Waals surface area contributed by atoms with Gasteiger partial charge >= 0.3 is 0 Å². The summed E-state index contributed by atoms with van der Waals surface area (Å²) in [4.78, 5) is 34.8. The SMILES string of the molecule is CC(=O)N1CCN(CCO/N=C2\CC(c3ccc(F)cc3C3=CN=CCC3)Cc3nc(N)nc(C)c32)CC1. The average molecular weight is 520 g/mol. The first-order valence-electron chi connectivity index (χ1n) is 13.2. The number of halogens is 1. The van der Waals surface area contributed by atoms with E-state index >= 15 is 0 Å². The van der Waals surface area contributed by atoms with Gasteiger partial charge in [-0.1, -0.05) is 11.2 Å². The van der Waals surface area contributed by atoms with Gasteiger partial charge in [0.1, 0.15) is 12.4 Å². The third-order valence-corrected chi connectivity index (χ3v) is 7.52. The number of carbonyl (C=O) groups excluding carboxylic acids is 1. The van der Waals surface area contributed by atoms with Gasteiger partial charge in [-0.3, -0.25) is 14.7 Å². The average Bonchev–Trinajstić information content (AvgIpc) is 2.91. The number of rotatable bonds is 6. The van der Waals surface area contributed by atoms with Gasteiger partial charge in [-0.05, 0) is 60.9 Å². The summed E-state index contributed by atoms with van der Waals surface area (Å²) in [6.45, 7) is 7.80. The third kappa shape index (κ3) is 5.75. The number of carbonyl (C=O) groups is 1. The van der Waals surface area contributed by atoms with Crippen LogP contribution in [0.25, 0.3) is 5.57 Å². The lowest BCUT2D eigenvalue weighted by atomic mass is 9.78. The number of aryl methyl sites for hydroxylation is 1. The zero-order chi connectivity index (χ0) is 26.6. The fourth-order valence-electron chi connectivity index (χ4n) is 5.57. The van der Waals surface area contributed by atoms with E-state index in [0.717, 1.165) is 84.9 Å². The number of aliphatic imine (C=N–C) groups is 1. The number of hydrogen-bond acceptors (Lipinski definition) is 8. The highest BCUT2D eigenvalue weighted by atomic mass is 19.1. The van der Waals surface area contributed by atoms with E-state index in [-0.39, 0.29) is 23.6 Å². The molecule has 1 fully saturated rings. The van der Waals surface area contributed by atoms with Gasteiger partial charge in [0, 0.05) is 64.0 Å². The maximum atomic E-state index is 14.3. The van der Waals surface area contributed by atoms with Crippen molar-refractivity contribution in [1.82, 2.24) is 19.8 Å². The molecule has 2 N–H and O–H groups in total. The quantitative estimate of drug-likeness (QED) is 0.463. The molecule has 0 bridgehead atoms. The van der Waals surface area contributed by atoms with E-state index in [1.54, 1.807) is 13.0 Å².